The van der Waals surface area contributed by atoms with E-state index in [-0.39, 0.29) is 0 Å². The minimum atomic E-state index is -1.34. The molecule has 0 unspecified atom stereocenters. The van der Waals surface area contributed by atoms with Crippen molar-refractivity contribution >= 4 is 6.29 Å². The molecule has 0 radical (unpaired) electrons. The van der Waals surface area contributed by atoms with Crippen LogP contribution in [0.4, 0.5) is 0 Å². The van der Waals surface area contributed by atoms with E-state index in [1.807, 2.05) is 0 Å². The summed E-state index contributed by atoms with van der Waals surface area (Å²) in [5, 5.41) is 8.93. The highest BCUT2D eigenvalue weighted by Crippen LogP contribution is 2.22. The topological polar surface area (TPSA) is 59.7 Å². The van der Waals surface area contributed by atoms with Gasteiger partial charge in [0.25, 0.3) is 0 Å². The second-order valence-corrected chi connectivity index (χ2v) is 2.35. The smallest absolute Gasteiger partial charge is 0.203 e. The number of furan rings is 1. The highest BCUT2D eigenvalue weighted by Gasteiger charge is 2.33. The molecule has 0 spiro atoms. The average molecular weight is 170 g/mol. The Balaban J connectivity index is 3.01. The third kappa shape index (κ3) is 1.26. The second-order valence-electron chi connectivity index (χ2n) is 2.35. The molecule has 1 heterocycles. The average Bonchev–Trinajstić information content (AvgIpc) is 2.62. The monoisotopic (exact) mass is 170 g/mol. The Morgan fingerprint density at radius 2 is 2.58 bits per heavy atom. The van der Waals surface area contributed by atoms with Gasteiger partial charge in [-0.1, -0.05) is 0 Å². The van der Waals surface area contributed by atoms with E-state index in [1.54, 1.807) is 12.1 Å². The molecule has 0 aliphatic heterocycles. The van der Waals surface area contributed by atoms with E-state index in [9.17, 15) is 4.79 Å². The molecule has 0 fully saturated rings. The molecule has 1 atom stereocenters. The molecule has 4 heteroatoms. The van der Waals surface area contributed by atoms with Crippen LogP contribution in [0.15, 0.2) is 22.8 Å². The quantitative estimate of drug-likeness (QED) is 0.661. The first-order valence-corrected chi connectivity index (χ1v) is 3.45. The first kappa shape index (κ1) is 8.96. The van der Waals surface area contributed by atoms with Gasteiger partial charge in [0.2, 0.25) is 5.60 Å². The van der Waals surface area contributed by atoms with Crippen LogP contribution in [-0.2, 0) is 15.1 Å². The number of carbonyl (C=O) groups excluding carboxylic acids is 1. The van der Waals surface area contributed by atoms with Crippen molar-refractivity contribution in [2.24, 2.45) is 0 Å². The molecule has 1 aromatic rings. The van der Waals surface area contributed by atoms with E-state index in [0.717, 1.165) is 0 Å². The van der Waals surface area contributed by atoms with E-state index in [2.05, 4.69) is 0 Å². The summed E-state index contributed by atoms with van der Waals surface area (Å²) < 4.78 is 9.82. The molecule has 0 aliphatic rings. The van der Waals surface area contributed by atoms with Crippen molar-refractivity contribution in [3.05, 3.63) is 24.2 Å². The molecule has 12 heavy (non-hydrogen) atoms. The number of aldehydes is 1. The first-order valence-electron chi connectivity index (χ1n) is 3.45. The van der Waals surface area contributed by atoms with Crippen molar-refractivity contribution in [1.82, 2.24) is 0 Å². The summed E-state index contributed by atoms with van der Waals surface area (Å²) >= 11 is 0. The van der Waals surface area contributed by atoms with E-state index < -0.39 is 12.2 Å². The molecule has 0 amide bonds. The number of aliphatic hydroxyl groups is 1. The Bertz CT molecular complexity index is 236. The number of aliphatic hydroxyl groups excluding tert-OH is 1. The van der Waals surface area contributed by atoms with Crippen LogP contribution in [0.3, 0.4) is 0 Å². The molecule has 1 rings (SSSR count). The van der Waals surface area contributed by atoms with Gasteiger partial charge < -0.3 is 14.3 Å². The highest BCUT2D eigenvalue weighted by atomic mass is 16.5. The number of ether oxygens (including phenoxy) is 1. The molecular formula is C8H10O4. The lowest BCUT2D eigenvalue weighted by atomic mass is 10.0. The number of methoxy groups -OCH3 is 1. The number of rotatable bonds is 4. The van der Waals surface area contributed by atoms with Gasteiger partial charge in [-0.3, -0.25) is 4.79 Å². The van der Waals surface area contributed by atoms with Gasteiger partial charge >= 0.3 is 0 Å². The van der Waals surface area contributed by atoms with Crippen LogP contribution in [-0.4, -0.2) is 25.1 Å². The zero-order valence-electron chi connectivity index (χ0n) is 6.69. The zero-order chi connectivity index (χ0) is 9.03. The lowest BCUT2D eigenvalue weighted by Crippen LogP contribution is -2.34. The van der Waals surface area contributed by atoms with Crippen molar-refractivity contribution in [2.45, 2.75) is 5.60 Å². The number of hydrogen-bond donors (Lipinski definition) is 1. The Kier molecular flexibility index (Phi) is 2.62. The zero-order valence-corrected chi connectivity index (χ0v) is 6.69. The molecular weight excluding hydrogens is 160 g/mol. The van der Waals surface area contributed by atoms with Gasteiger partial charge in [0.05, 0.1) is 12.9 Å². The third-order valence-electron chi connectivity index (χ3n) is 1.73. The summed E-state index contributed by atoms with van der Waals surface area (Å²) in [6.07, 6.45) is 1.94. The molecule has 0 aliphatic carbocycles. The Morgan fingerprint density at radius 3 is 2.92 bits per heavy atom. The van der Waals surface area contributed by atoms with Crippen molar-refractivity contribution < 1.29 is 19.1 Å². The Hall–Kier alpha value is -1.13. The molecule has 66 valence electrons. The van der Waals surface area contributed by atoms with Crippen molar-refractivity contribution in [3.8, 4) is 0 Å². The summed E-state index contributed by atoms with van der Waals surface area (Å²) in [6.45, 7) is -0.430. The maximum atomic E-state index is 10.6. The largest absolute Gasteiger partial charge is 0.466 e. The Labute approximate surface area is 69.8 Å². The van der Waals surface area contributed by atoms with Crippen LogP contribution in [0.5, 0.6) is 0 Å². The Morgan fingerprint density at radius 1 is 1.83 bits per heavy atom. The lowest BCUT2D eigenvalue weighted by Gasteiger charge is -2.20. The van der Waals surface area contributed by atoms with Crippen LogP contribution in [0, 0.1) is 0 Å². The van der Waals surface area contributed by atoms with Gasteiger partial charge in [0.15, 0.2) is 6.29 Å². The minimum absolute atomic E-state index is 0.308. The molecule has 1 aromatic heterocycles. The van der Waals surface area contributed by atoms with Crippen LogP contribution >= 0.6 is 0 Å². The second kappa shape index (κ2) is 3.51. The van der Waals surface area contributed by atoms with Crippen LogP contribution in [0.25, 0.3) is 0 Å². The van der Waals surface area contributed by atoms with E-state index >= 15 is 0 Å². The third-order valence-corrected chi connectivity index (χ3v) is 1.73. The predicted molar refractivity (Wildman–Crippen MR) is 40.5 cm³/mol. The maximum absolute atomic E-state index is 10.6. The van der Waals surface area contributed by atoms with Gasteiger partial charge in [0.1, 0.15) is 5.76 Å². The van der Waals surface area contributed by atoms with Gasteiger partial charge in [0, 0.05) is 7.11 Å². The van der Waals surface area contributed by atoms with E-state index in [1.165, 1.54) is 13.4 Å². The van der Waals surface area contributed by atoms with Gasteiger partial charge in [-0.15, -0.1) is 0 Å². The SMILES string of the molecule is CO[C@@](C=O)(CO)c1ccco1. The summed E-state index contributed by atoms with van der Waals surface area (Å²) in [5.74, 6) is 0.308. The normalized spacial score (nSPS) is 15.5. The molecule has 0 bridgehead atoms. The lowest BCUT2D eigenvalue weighted by molar-refractivity contribution is -0.136. The summed E-state index contributed by atoms with van der Waals surface area (Å²) in [6, 6.07) is 3.20. The predicted octanol–water partition coefficient (Wildman–Crippen LogP) is 0.313. The van der Waals surface area contributed by atoms with Crippen molar-refractivity contribution in [2.75, 3.05) is 13.7 Å². The van der Waals surface area contributed by atoms with Gasteiger partial charge in [-0.25, -0.2) is 0 Å². The van der Waals surface area contributed by atoms with Gasteiger partial charge in [-0.2, -0.15) is 0 Å². The summed E-state index contributed by atoms with van der Waals surface area (Å²) in [7, 11) is 1.34. The first-order chi connectivity index (χ1) is 5.79. The summed E-state index contributed by atoms with van der Waals surface area (Å²) in [4.78, 5) is 10.6. The van der Waals surface area contributed by atoms with Gasteiger partial charge in [-0.05, 0) is 12.1 Å². The minimum Gasteiger partial charge on any atom is -0.466 e. The van der Waals surface area contributed by atoms with Crippen molar-refractivity contribution in [3.63, 3.8) is 0 Å². The molecule has 0 aromatic carbocycles. The van der Waals surface area contributed by atoms with E-state index in [0.29, 0.717) is 12.0 Å². The van der Waals surface area contributed by atoms with Crippen LogP contribution in [0.2, 0.25) is 0 Å². The highest BCUT2D eigenvalue weighted by molar-refractivity contribution is 5.64. The van der Waals surface area contributed by atoms with Crippen molar-refractivity contribution in [1.29, 1.82) is 0 Å². The molecule has 0 saturated heterocycles. The van der Waals surface area contributed by atoms with Crippen LogP contribution in [0.1, 0.15) is 5.76 Å². The standard InChI is InChI=1S/C8H10O4/c1-11-8(5-9,6-10)7-3-2-4-12-7/h2-5,10H,6H2,1H3/t8-/m0/s1. The molecule has 4 nitrogen and oxygen atoms in total. The fourth-order valence-electron chi connectivity index (χ4n) is 0.906. The molecule has 0 saturated carbocycles. The number of hydrogen-bond acceptors (Lipinski definition) is 4. The van der Waals surface area contributed by atoms with E-state index in [4.69, 9.17) is 14.3 Å². The summed E-state index contributed by atoms with van der Waals surface area (Å²) in [5.41, 5.74) is -1.34. The maximum Gasteiger partial charge on any atom is 0.203 e. The fraction of sp³-hybridized carbons (Fsp3) is 0.375. The fourth-order valence-corrected chi connectivity index (χ4v) is 0.906. The van der Waals surface area contributed by atoms with Crippen LogP contribution < -0.4 is 0 Å². The number of carbonyl (C=O) groups is 1. The molecule has 1 N–H and O–H groups in total.